The van der Waals surface area contributed by atoms with E-state index in [1.54, 1.807) is 32.4 Å². The van der Waals surface area contributed by atoms with Crippen molar-refractivity contribution in [2.45, 2.75) is 0 Å². The second-order valence-corrected chi connectivity index (χ2v) is 6.06. The molecule has 0 spiro atoms. The number of tetrazole rings is 1. The number of benzene rings is 1. The average molecular weight is 369 g/mol. The molecule has 0 atom stereocenters. The van der Waals surface area contributed by atoms with E-state index in [2.05, 4.69) is 25.5 Å². The van der Waals surface area contributed by atoms with Crippen LogP contribution in [0.15, 0.2) is 30.3 Å². The monoisotopic (exact) mass is 369 g/mol. The lowest BCUT2D eigenvalue weighted by Gasteiger charge is -2.35. The standard InChI is InChI=1S/C17H19N7O3/c1-26-12-3-4-13(14(11-12)27-2)17(25)23-9-7-22(8-10-23)16-6-5-15-18-20-21-24(15)19-16/h3-6,11H,7-10H2,1-2H3. The molecule has 1 saturated heterocycles. The summed E-state index contributed by atoms with van der Waals surface area (Å²) < 4.78 is 11.9. The quantitative estimate of drug-likeness (QED) is 0.656. The van der Waals surface area contributed by atoms with Gasteiger partial charge in [0.05, 0.1) is 19.8 Å². The molecule has 1 fully saturated rings. The molecule has 1 amide bonds. The van der Waals surface area contributed by atoms with Crippen molar-refractivity contribution in [2.75, 3.05) is 45.3 Å². The normalized spacial score (nSPS) is 14.4. The Morgan fingerprint density at radius 3 is 2.59 bits per heavy atom. The molecule has 0 aliphatic carbocycles. The van der Waals surface area contributed by atoms with Crippen LogP contribution in [0.2, 0.25) is 0 Å². The van der Waals surface area contributed by atoms with Crippen molar-refractivity contribution in [3.8, 4) is 11.5 Å². The summed E-state index contributed by atoms with van der Waals surface area (Å²) in [7, 11) is 3.13. The molecule has 4 rings (SSSR count). The number of rotatable bonds is 4. The fourth-order valence-corrected chi connectivity index (χ4v) is 3.09. The Bertz CT molecular complexity index is 966. The minimum atomic E-state index is -0.0574. The van der Waals surface area contributed by atoms with Gasteiger partial charge in [0.2, 0.25) is 0 Å². The summed E-state index contributed by atoms with van der Waals surface area (Å²) in [4.78, 5) is 16.8. The number of piperazine rings is 1. The zero-order chi connectivity index (χ0) is 18.8. The van der Waals surface area contributed by atoms with Crippen LogP contribution in [-0.2, 0) is 0 Å². The first-order valence-corrected chi connectivity index (χ1v) is 8.51. The Morgan fingerprint density at radius 1 is 1.04 bits per heavy atom. The SMILES string of the molecule is COc1ccc(C(=O)N2CCN(c3ccc4nnnn4n3)CC2)c(OC)c1. The third-order valence-corrected chi connectivity index (χ3v) is 4.59. The summed E-state index contributed by atoms with van der Waals surface area (Å²) in [6.45, 7) is 2.52. The number of carbonyl (C=O) groups is 1. The molecule has 1 aliphatic rings. The van der Waals surface area contributed by atoms with Crippen LogP contribution < -0.4 is 14.4 Å². The van der Waals surface area contributed by atoms with Gasteiger partial charge in [-0.25, -0.2) is 0 Å². The number of nitrogens with zero attached hydrogens (tertiary/aromatic N) is 7. The van der Waals surface area contributed by atoms with E-state index in [4.69, 9.17) is 9.47 Å². The van der Waals surface area contributed by atoms with Gasteiger partial charge in [0.25, 0.3) is 5.91 Å². The number of hydrogen-bond donors (Lipinski definition) is 0. The third-order valence-electron chi connectivity index (χ3n) is 4.59. The van der Waals surface area contributed by atoms with Gasteiger partial charge in [-0.1, -0.05) is 0 Å². The van der Waals surface area contributed by atoms with Crippen LogP contribution in [-0.4, -0.2) is 76.5 Å². The maximum Gasteiger partial charge on any atom is 0.257 e. The topological polar surface area (TPSA) is 98.0 Å². The van der Waals surface area contributed by atoms with Gasteiger partial charge in [0, 0.05) is 32.2 Å². The first-order valence-electron chi connectivity index (χ1n) is 8.51. The number of hydrogen-bond acceptors (Lipinski definition) is 8. The number of ether oxygens (including phenoxy) is 2. The first-order chi connectivity index (χ1) is 13.2. The second kappa shape index (κ2) is 7.06. The van der Waals surface area contributed by atoms with Gasteiger partial charge in [0.15, 0.2) is 11.5 Å². The number of fused-ring (bicyclic) bond motifs is 1. The number of carbonyl (C=O) groups excluding carboxylic acids is 1. The van der Waals surface area contributed by atoms with Crippen LogP contribution in [0.1, 0.15) is 10.4 Å². The summed E-state index contributed by atoms with van der Waals surface area (Å²) >= 11 is 0. The van der Waals surface area contributed by atoms with E-state index >= 15 is 0 Å². The lowest BCUT2D eigenvalue weighted by atomic mass is 10.1. The van der Waals surface area contributed by atoms with E-state index < -0.39 is 0 Å². The van der Waals surface area contributed by atoms with E-state index in [9.17, 15) is 4.79 Å². The minimum Gasteiger partial charge on any atom is -0.497 e. The smallest absolute Gasteiger partial charge is 0.257 e. The molecule has 3 aromatic rings. The van der Waals surface area contributed by atoms with E-state index in [0.717, 1.165) is 5.82 Å². The van der Waals surface area contributed by atoms with E-state index in [1.165, 1.54) is 4.63 Å². The summed E-state index contributed by atoms with van der Waals surface area (Å²) in [5.41, 5.74) is 1.12. The van der Waals surface area contributed by atoms with Crippen LogP contribution >= 0.6 is 0 Å². The Kier molecular flexibility index (Phi) is 4.45. The molecule has 10 nitrogen and oxygen atoms in total. The fraction of sp³-hybridized carbons (Fsp3) is 0.353. The highest BCUT2D eigenvalue weighted by Gasteiger charge is 2.25. The molecule has 0 N–H and O–H groups in total. The molecule has 10 heteroatoms. The predicted octanol–water partition coefficient (Wildman–Crippen LogP) is 0.499. The summed E-state index contributed by atoms with van der Waals surface area (Å²) in [5, 5.41) is 15.7. The van der Waals surface area contributed by atoms with Crippen LogP contribution in [0.5, 0.6) is 11.5 Å². The highest BCUT2D eigenvalue weighted by atomic mass is 16.5. The minimum absolute atomic E-state index is 0.0574. The average Bonchev–Trinajstić information content (AvgIpc) is 3.20. The molecular weight excluding hydrogens is 350 g/mol. The Labute approximate surface area is 155 Å². The lowest BCUT2D eigenvalue weighted by molar-refractivity contribution is 0.0743. The zero-order valence-corrected chi connectivity index (χ0v) is 15.1. The maximum atomic E-state index is 12.9. The van der Waals surface area contributed by atoms with Gasteiger partial charge in [-0.3, -0.25) is 4.79 Å². The highest BCUT2D eigenvalue weighted by molar-refractivity contribution is 5.97. The fourth-order valence-electron chi connectivity index (χ4n) is 3.09. The summed E-state index contributed by atoms with van der Waals surface area (Å²) in [5.74, 6) is 1.88. The van der Waals surface area contributed by atoms with E-state index in [1.807, 2.05) is 17.0 Å². The predicted molar refractivity (Wildman–Crippen MR) is 96.2 cm³/mol. The van der Waals surface area contributed by atoms with Crippen molar-refractivity contribution in [3.63, 3.8) is 0 Å². The molecule has 0 unspecified atom stereocenters. The number of methoxy groups -OCH3 is 2. The molecule has 27 heavy (non-hydrogen) atoms. The largest absolute Gasteiger partial charge is 0.497 e. The molecular formula is C17H19N7O3. The van der Waals surface area contributed by atoms with Crippen molar-refractivity contribution in [1.29, 1.82) is 0 Å². The lowest BCUT2D eigenvalue weighted by Crippen LogP contribution is -2.49. The number of anilines is 1. The zero-order valence-electron chi connectivity index (χ0n) is 15.1. The number of amides is 1. The van der Waals surface area contributed by atoms with Gasteiger partial charge >= 0.3 is 0 Å². The maximum absolute atomic E-state index is 12.9. The van der Waals surface area contributed by atoms with Gasteiger partial charge in [-0.2, -0.15) is 0 Å². The second-order valence-electron chi connectivity index (χ2n) is 6.06. The summed E-state index contributed by atoms with van der Waals surface area (Å²) in [6.07, 6.45) is 0. The van der Waals surface area contributed by atoms with Crippen LogP contribution in [0.3, 0.4) is 0 Å². The molecule has 140 valence electrons. The first kappa shape index (κ1) is 17.0. The Hall–Kier alpha value is -3.43. The summed E-state index contributed by atoms with van der Waals surface area (Å²) in [6, 6.07) is 8.92. The van der Waals surface area contributed by atoms with Crippen LogP contribution in [0.25, 0.3) is 5.65 Å². The third kappa shape index (κ3) is 3.21. The molecule has 1 aliphatic heterocycles. The van der Waals surface area contributed by atoms with Crippen molar-refractivity contribution in [3.05, 3.63) is 35.9 Å². The van der Waals surface area contributed by atoms with Gasteiger partial charge < -0.3 is 19.3 Å². The van der Waals surface area contributed by atoms with E-state index in [-0.39, 0.29) is 5.91 Å². The molecule has 1 aromatic carbocycles. The molecule has 3 heterocycles. The van der Waals surface area contributed by atoms with Gasteiger partial charge in [0.1, 0.15) is 11.5 Å². The highest BCUT2D eigenvalue weighted by Crippen LogP contribution is 2.26. The van der Waals surface area contributed by atoms with Crippen LogP contribution in [0, 0.1) is 0 Å². The van der Waals surface area contributed by atoms with Crippen molar-refractivity contribution < 1.29 is 14.3 Å². The van der Waals surface area contributed by atoms with Gasteiger partial charge in [-0.15, -0.1) is 14.8 Å². The number of aromatic nitrogens is 5. The Balaban J connectivity index is 1.46. The van der Waals surface area contributed by atoms with Crippen molar-refractivity contribution >= 4 is 17.4 Å². The molecule has 0 bridgehead atoms. The molecule has 0 saturated carbocycles. The van der Waals surface area contributed by atoms with Crippen molar-refractivity contribution in [1.82, 2.24) is 30.2 Å². The molecule has 0 radical (unpaired) electrons. The van der Waals surface area contributed by atoms with Crippen LogP contribution in [0.4, 0.5) is 5.82 Å². The Morgan fingerprint density at radius 2 is 1.85 bits per heavy atom. The van der Waals surface area contributed by atoms with E-state index in [0.29, 0.717) is 48.9 Å². The van der Waals surface area contributed by atoms with Gasteiger partial charge in [-0.05, 0) is 34.7 Å². The molecule has 2 aromatic heterocycles. The van der Waals surface area contributed by atoms with Crippen molar-refractivity contribution in [2.24, 2.45) is 0 Å².